The number of rotatable bonds is 3. The van der Waals surface area contributed by atoms with Crippen molar-refractivity contribution in [2.75, 3.05) is 20.2 Å². The molecule has 3 rings (SSSR count). The van der Waals surface area contributed by atoms with Crippen molar-refractivity contribution in [2.24, 2.45) is 5.92 Å². The third kappa shape index (κ3) is 2.35. The number of nitrogens with zero attached hydrogens (tertiary/aromatic N) is 1. The van der Waals surface area contributed by atoms with Crippen molar-refractivity contribution in [2.45, 2.75) is 18.9 Å². The molecule has 1 saturated carbocycles. The number of benzene rings is 1. The Hall–Kier alpha value is -2.04. The quantitative estimate of drug-likeness (QED) is 0.898. The number of methoxy groups -OCH3 is 1. The molecule has 2 aliphatic rings. The van der Waals surface area contributed by atoms with E-state index in [1.165, 1.54) is 0 Å². The molecule has 1 aliphatic carbocycles. The predicted octanol–water partition coefficient (Wildman–Crippen LogP) is 1.10. The molecule has 5 nitrogen and oxygen atoms in total. The van der Waals surface area contributed by atoms with Gasteiger partial charge in [0.15, 0.2) is 0 Å². The highest BCUT2D eigenvalue weighted by Gasteiger charge is 2.40. The van der Waals surface area contributed by atoms with Gasteiger partial charge in [-0.2, -0.15) is 0 Å². The van der Waals surface area contributed by atoms with Gasteiger partial charge in [-0.1, -0.05) is 12.1 Å². The van der Waals surface area contributed by atoms with Gasteiger partial charge in [-0.05, 0) is 30.5 Å². The summed E-state index contributed by atoms with van der Waals surface area (Å²) in [6.07, 6.45) is 1.90. The molecule has 2 amide bonds. The lowest BCUT2D eigenvalue weighted by molar-refractivity contribution is -0.144. The molecule has 0 bridgehead atoms. The number of carbonyl (C=O) groups is 2. The van der Waals surface area contributed by atoms with E-state index in [4.69, 9.17) is 4.74 Å². The van der Waals surface area contributed by atoms with E-state index in [-0.39, 0.29) is 17.7 Å². The zero-order valence-corrected chi connectivity index (χ0v) is 11.5. The van der Waals surface area contributed by atoms with Crippen LogP contribution in [0.15, 0.2) is 24.3 Å². The first kappa shape index (κ1) is 13.0. The fourth-order valence-electron chi connectivity index (χ4n) is 2.59. The molecule has 1 aliphatic heterocycles. The molecule has 0 aromatic heterocycles. The van der Waals surface area contributed by atoms with Crippen molar-refractivity contribution in [1.82, 2.24) is 10.2 Å². The summed E-state index contributed by atoms with van der Waals surface area (Å²) in [5.74, 6) is 0.878. The molecule has 0 radical (unpaired) electrons. The molecule has 1 aromatic carbocycles. The van der Waals surface area contributed by atoms with E-state index in [9.17, 15) is 9.59 Å². The van der Waals surface area contributed by atoms with Crippen LogP contribution in [0.2, 0.25) is 0 Å². The zero-order valence-electron chi connectivity index (χ0n) is 11.5. The third-order valence-electron chi connectivity index (χ3n) is 3.85. The molecule has 1 saturated heterocycles. The van der Waals surface area contributed by atoms with Crippen molar-refractivity contribution in [3.05, 3.63) is 29.8 Å². The van der Waals surface area contributed by atoms with E-state index in [0.717, 1.165) is 24.2 Å². The van der Waals surface area contributed by atoms with Crippen LogP contribution in [0.3, 0.4) is 0 Å². The number of amides is 2. The van der Waals surface area contributed by atoms with E-state index >= 15 is 0 Å². The summed E-state index contributed by atoms with van der Waals surface area (Å²) in [6.45, 7) is 1.11. The minimum atomic E-state index is -0.511. The molecule has 20 heavy (non-hydrogen) atoms. The average Bonchev–Trinajstić information content (AvgIpc) is 3.31. The van der Waals surface area contributed by atoms with Crippen molar-refractivity contribution in [3.63, 3.8) is 0 Å². The largest absolute Gasteiger partial charge is 0.497 e. The molecular weight excluding hydrogens is 256 g/mol. The van der Waals surface area contributed by atoms with E-state index < -0.39 is 6.04 Å². The summed E-state index contributed by atoms with van der Waals surface area (Å²) in [7, 11) is 1.60. The fourth-order valence-corrected chi connectivity index (χ4v) is 2.59. The zero-order chi connectivity index (χ0) is 14.1. The Balaban J connectivity index is 1.88. The summed E-state index contributed by atoms with van der Waals surface area (Å²) in [5, 5.41) is 2.84. The lowest BCUT2D eigenvalue weighted by atomic mass is 10.0. The second kappa shape index (κ2) is 5.15. The Morgan fingerprint density at radius 3 is 2.60 bits per heavy atom. The minimum Gasteiger partial charge on any atom is -0.497 e. The van der Waals surface area contributed by atoms with Gasteiger partial charge >= 0.3 is 0 Å². The highest BCUT2D eigenvalue weighted by Crippen LogP contribution is 2.35. The van der Waals surface area contributed by atoms with Crippen LogP contribution in [0.1, 0.15) is 24.4 Å². The van der Waals surface area contributed by atoms with Gasteiger partial charge in [0.1, 0.15) is 11.8 Å². The van der Waals surface area contributed by atoms with Gasteiger partial charge in [0.05, 0.1) is 7.11 Å². The van der Waals surface area contributed by atoms with Crippen LogP contribution < -0.4 is 10.1 Å². The van der Waals surface area contributed by atoms with Crippen LogP contribution in [0.25, 0.3) is 0 Å². The van der Waals surface area contributed by atoms with Gasteiger partial charge in [0, 0.05) is 19.0 Å². The highest BCUT2D eigenvalue weighted by molar-refractivity contribution is 5.91. The van der Waals surface area contributed by atoms with Gasteiger partial charge < -0.3 is 15.0 Å². The number of ether oxygens (including phenoxy) is 1. The van der Waals surface area contributed by atoms with Crippen molar-refractivity contribution >= 4 is 11.8 Å². The predicted molar refractivity (Wildman–Crippen MR) is 73.2 cm³/mol. The van der Waals surface area contributed by atoms with Crippen LogP contribution in [-0.4, -0.2) is 36.9 Å². The van der Waals surface area contributed by atoms with Gasteiger partial charge in [-0.3, -0.25) is 9.59 Å². The van der Waals surface area contributed by atoms with Gasteiger partial charge in [0.25, 0.3) is 0 Å². The maximum Gasteiger partial charge on any atom is 0.247 e. The molecule has 1 atom stereocenters. The monoisotopic (exact) mass is 274 g/mol. The third-order valence-corrected chi connectivity index (χ3v) is 3.85. The first-order chi connectivity index (χ1) is 9.70. The van der Waals surface area contributed by atoms with Crippen molar-refractivity contribution < 1.29 is 14.3 Å². The lowest BCUT2D eigenvalue weighted by Gasteiger charge is -2.35. The Morgan fingerprint density at radius 2 is 2.00 bits per heavy atom. The summed E-state index contributed by atoms with van der Waals surface area (Å²) < 4.78 is 5.12. The number of hydrogen-bond acceptors (Lipinski definition) is 3. The Morgan fingerprint density at radius 1 is 1.30 bits per heavy atom. The number of hydrogen-bond donors (Lipinski definition) is 1. The van der Waals surface area contributed by atoms with Gasteiger partial charge in [-0.15, -0.1) is 0 Å². The Labute approximate surface area is 117 Å². The van der Waals surface area contributed by atoms with E-state index in [0.29, 0.717) is 13.1 Å². The van der Waals surface area contributed by atoms with Crippen LogP contribution in [0.5, 0.6) is 5.75 Å². The Kier molecular flexibility index (Phi) is 3.34. The first-order valence-electron chi connectivity index (χ1n) is 6.93. The molecule has 1 unspecified atom stereocenters. The number of piperazine rings is 1. The summed E-state index contributed by atoms with van der Waals surface area (Å²) >= 11 is 0. The molecule has 1 N–H and O–H groups in total. The SMILES string of the molecule is COc1ccc(C2C(=O)NCCN2C(=O)C2CC2)cc1. The lowest BCUT2D eigenvalue weighted by Crippen LogP contribution is -2.52. The van der Waals surface area contributed by atoms with Crippen LogP contribution in [0, 0.1) is 5.92 Å². The molecule has 1 heterocycles. The van der Waals surface area contributed by atoms with Gasteiger partial charge in [-0.25, -0.2) is 0 Å². The standard InChI is InChI=1S/C15H18N2O3/c1-20-12-6-4-10(5-7-12)13-14(18)16-8-9-17(13)15(19)11-2-3-11/h4-7,11,13H,2-3,8-9H2,1H3,(H,16,18). The van der Waals surface area contributed by atoms with E-state index in [1.54, 1.807) is 12.0 Å². The maximum atomic E-state index is 12.3. The topological polar surface area (TPSA) is 58.6 Å². The van der Waals surface area contributed by atoms with Gasteiger partial charge in [0.2, 0.25) is 11.8 Å². The van der Waals surface area contributed by atoms with E-state index in [1.807, 2.05) is 24.3 Å². The van der Waals surface area contributed by atoms with Crippen molar-refractivity contribution in [1.29, 1.82) is 0 Å². The summed E-state index contributed by atoms with van der Waals surface area (Å²) in [5.41, 5.74) is 0.831. The first-order valence-corrected chi connectivity index (χ1v) is 6.93. The number of nitrogens with one attached hydrogen (secondary N) is 1. The normalized spacial score (nSPS) is 22.4. The molecule has 0 spiro atoms. The molecule has 1 aromatic rings. The fraction of sp³-hybridized carbons (Fsp3) is 0.467. The minimum absolute atomic E-state index is 0.101. The molecular formula is C15H18N2O3. The molecule has 106 valence electrons. The van der Waals surface area contributed by atoms with Crippen LogP contribution in [0.4, 0.5) is 0 Å². The number of carbonyl (C=O) groups excluding carboxylic acids is 2. The second-order valence-corrected chi connectivity index (χ2v) is 5.27. The van der Waals surface area contributed by atoms with Crippen LogP contribution >= 0.6 is 0 Å². The van der Waals surface area contributed by atoms with Crippen molar-refractivity contribution in [3.8, 4) is 5.75 Å². The van der Waals surface area contributed by atoms with E-state index in [2.05, 4.69) is 5.32 Å². The second-order valence-electron chi connectivity index (χ2n) is 5.27. The van der Waals surface area contributed by atoms with Crippen LogP contribution in [-0.2, 0) is 9.59 Å². The summed E-state index contributed by atoms with van der Waals surface area (Å²) in [4.78, 5) is 26.2. The average molecular weight is 274 g/mol. The summed E-state index contributed by atoms with van der Waals surface area (Å²) in [6, 6.07) is 6.82. The maximum absolute atomic E-state index is 12.3. The molecule has 2 fully saturated rings. The highest BCUT2D eigenvalue weighted by atomic mass is 16.5. The molecule has 5 heteroatoms. The smallest absolute Gasteiger partial charge is 0.247 e. The Bertz CT molecular complexity index is 522.